The summed E-state index contributed by atoms with van der Waals surface area (Å²) in [6.45, 7) is 4.17. The van der Waals surface area contributed by atoms with Crippen molar-refractivity contribution in [3.05, 3.63) is 52.5 Å². The first-order chi connectivity index (χ1) is 13.2. The number of anilines is 1. The van der Waals surface area contributed by atoms with E-state index < -0.39 is 0 Å². The molecule has 0 radical (unpaired) electrons. The highest BCUT2D eigenvalue weighted by Gasteiger charge is 2.25. The van der Waals surface area contributed by atoms with E-state index in [0.717, 1.165) is 55.7 Å². The lowest BCUT2D eigenvalue weighted by atomic mass is 9.90. The second kappa shape index (κ2) is 8.53. The zero-order valence-electron chi connectivity index (χ0n) is 15.8. The molecule has 2 heterocycles. The minimum atomic E-state index is 0.226. The Kier molecular flexibility index (Phi) is 5.89. The molecule has 2 aliphatic heterocycles. The van der Waals surface area contributed by atoms with Crippen molar-refractivity contribution in [3.63, 3.8) is 0 Å². The fourth-order valence-electron chi connectivity index (χ4n) is 4.07. The van der Waals surface area contributed by atoms with Gasteiger partial charge in [0.05, 0.1) is 19.3 Å². The number of halogens is 1. The van der Waals surface area contributed by atoms with Gasteiger partial charge in [0.25, 0.3) is 0 Å². The van der Waals surface area contributed by atoms with Gasteiger partial charge >= 0.3 is 0 Å². The summed E-state index contributed by atoms with van der Waals surface area (Å²) in [7, 11) is 1.73. The quantitative estimate of drug-likeness (QED) is 0.751. The predicted molar refractivity (Wildman–Crippen MR) is 113 cm³/mol. The maximum Gasteiger partial charge on any atom is 0.142 e. The van der Waals surface area contributed by atoms with Gasteiger partial charge in [-0.1, -0.05) is 28.1 Å². The van der Waals surface area contributed by atoms with Gasteiger partial charge in [-0.05, 0) is 74.2 Å². The van der Waals surface area contributed by atoms with E-state index >= 15 is 0 Å². The molecule has 4 rings (SSSR count). The molecule has 1 unspecified atom stereocenters. The van der Waals surface area contributed by atoms with Crippen LogP contribution in [0.15, 0.2) is 46.9 Å². The van der Waals surface area contributed by atoms with Crippen LogP contribution in [0.3, 0.4) is 0 Å². The van der Waals surface area contributed by atoms with E-state index in [0.29, 0.717) is 0 Å². The molecule has 0 amide bonds. The average Bonchev–Trinajstić information content (AvgIpc) is 2.71. The van der Waals surface area contributed by atoms with Crippen molar-refractivity contribution in [2.24, 2.45) is 5.92 Å². The summed E-state index contributed by atoms with van der Waals surface area (Å²) in [6, 6.07) is 14.5. The molecule has 1 fully saturated rings. The highest BCUT2D eigenvalue weighted by Crippen LogP contribution is 2.30. The number of rotatable bonds is 5. The molecule has 2 aromatic carbocycles. The van der Waals surface area contributed by atoms with Gasteiger partial charge in [-0.15, -0.1) is 0 Å². The van der Waals surface area contributed by atoms with Crippen LogP contribution in [0.25, 0.3) is 0 Å². The number of nitrogens with zero attached hydrogens (tertiary/aromatic N) is 1. The Bertz CT molecular complexity index is 775. The maximum atomic E-state index is 6.17. The van der Waals surface area contributed by atoms with Crippen LogP contribution in [0, 0.1) is 5.92 Å². The highest BCUT2D eigenvalue weighted by molar-refractivity contribution is 9.10. The largest absolute Gasteiger partial charge is 0.497 e. The predicted octanol–water partition coefficient (Wildman–Crippen LogP) is 4.59. The van der Waals surface area contributed by atoms with E-state index in [-0.39, 0.29) is 6.10 Å². The molecular formula is C22H27BrN2O2. The van der Waals surface area contributed by atoms with E-state index in [9.17, 15) is 0 Å². The summed E-state index contributed by atoms with van der Waals surface area (Å²) in [5.41, 5.74) is 2.46. The molecule has 5 heteroatoms. The zero-order valence-corrected chi connectivity index (χ0v) is 17.4. The molecule has 0 saturated carbocycles. The molecule has 1 atom stereocenters. The van der Waals surface area contributed by atoms with Crippen LogP contribution in [0.1, 0.15) is 18.4 Å². The lowest BCUT2D eigenvalue weighted by molar-refractivity contribution is 0.107. The molecule has 4 nitrogen and oxygen atoms in total. The molecule has 1 N–H and O–H groups in total. The molecule has 0 bridgehead atoms. The summed E-state index contributed by atoms with van der Waals surface area (Å²) in [5, 5.41) is 3.49. The molecule has 0 aromatic heterocycles. The summed E-state index contributed by atoms with van der Waals surface area (Å²) < 4.78 is 12.7. The Hall–Kier alpha value is -1.72. The maximum absolute atomic E-state index is 6.17. The van der Waals surface area contributed by atoms with Gasteiger partial charge in [-0.25, -0.2) is 0 Å². The van der Waals surface area contributed by atoms with Gasteiger partial charge in [0.1, 0.15) is 17.6 Å². The molecule has 27 heavy (non-hydrogen) atoms. The molecule has 2 aliphatic rings. The number of hydrogen-bond donors (Lipinski definition) is 1. The van der Waals surface area contributed by atoms with Crippen molar-refractivity contribution in [2.75, 3.05) is 38.6 Å². The lowest BCUT2D eigenvalue weighted by Crippen LogP contribution is -2.44. The van der Waals surface area contributed by atoms with Crippen molar-refractivity contribution in [1.29, 1.82) is 0 Å². The second-order valence-corrected chi connectivity index (χ2v) is 8.38. The van der Waals surface area contributed by atoms with Crippen molar-refractivity contribution in [2.45, 2.75) is 25.4 Å². The minimum absolute atomic E-state index is 0.226. The second-order valence-electron chi connectivity index (χ2n) is 7.52. The standard InChI is InChI=1S/C22H27BrN2O2/c1-26-18-6-7-20(23)17(13-18)12-16-8-10-25(11-9-16)15-19-14-24-21-4-2-3-5-22(21)27-19/h2-7,13,16,19,24H,8-12,14-15H2,1H3. The van der Waals surface area contributed by atoms with Gasteiger partial charge in [-0.2, -0.15) is 0 Å². The van der Waals surface area contributed by atoms with E-state index in [1.165, 1.54) is 22.9 Å². The van der Waals surface area contributed by atoms with Crippen LogP contribution in [0.5, 0.6) is 11.5 Å². The number of fused-ring (bicyclic) bond motifs is 1. The van der Waals surface area contributed by atoms with Crippen LogP contribution < -0.4 is 14.8 Å². The Morgan fingerprint density at radius 2 is 2.00 bits per heavy atom. The number of hydrogen-bond acceptors (Lipinski definition) is 4. The van der Waals surface area contributed by atoms with Crippen LogP contribution in [0.4, 0.5) is 5.69 Å². The fourth-order valence-corrected chi connectivity index (χ4v) is 4.48. The first kappa shape index (κ1) is 18.6. The SMILES string of the molecule is COc1ccc(Br)c(CC2CCN(CC3CNc4ccccc4O3)CC2)c1. The lowest BCUT2D eigenvalue weighted by Gasteiger charge is -2.36. The third kappa shape index (κ3) is 4.58. The van der Waals surface area contributed by atoms with Crippen molar-refractivity contribution in [3.8, 4) is 11.5 Å². The Morgan fingerprint density at radius 1 is 1.19 bits per heavy atom. The summed E-state index contributed by atoms with van der Waals surface area (Å²) in [6.07, 6.45) is 3.81. The zero-order chi connectivity index (χ0) is 18.6. The van der Waals surface area contributed by atoms with Crippen LogP contribution in [-0.2, 0) is 6.42 Å². The van der Waals surface area contributed by atoms with Crippen LogP contribution >= 0.6 is 15.9 Å². The van der Waals surface area contributed by atoms with Crippen molar-refractivity contribution < 1.29 is 9.47 Å². The first-order valence-corrected chi connectivity index (χ1v) is 10.5. The smallest absolute Gasteiger partial charge is 0.142 e. The van der Waals surface area contributed by atoms with Gasteiger partial charge in [-0.3, -0.25) is 4.90 Å². The number of benzene rings is 2. The molecule has 0 spiro atoms. The summed E-state index contributed by atoms with van der Waals surface area (Å²) >= 11 is 3.69. The third-order valence-electron chi connectivity index (χ3n) is 5.63. The minimum Gasteiger partial charge on any atom is -0.497 e. The normalized spacial score (nSPS) is 20.4. The van der Waals surface area contributed by atoms with E-state index in [2.05, 4.69) is 44.3 Å². The van der Waals surface area contributed by atoms with E-state index in [4.69, 9.17) is 9.47 Å². The summed E-state index contributed by atoms with van der Waals surface area (Å²) in [4.78, 5) is 2.55. The first-order valence-electron chi connectivity index (χ1n) is 9.75. The number of nitrogens with one attached hydrogen (secondary N) is 1. The highest BCUT2D eigenvalue weighted by atomic mass is 79.9. The average molecular weight is 431 g/mol. The molecule has 1 saturated heterocycles. The summed E-state index contributed by atoms with van der Waals surface area (Å²) in [5.74, 6) is 2.65. The van der Waals surface area contributed by atoms with Crippen molar-refractivity contribution >= 4 is 21.6 Å². The number of piperidine rings is 1. The fraction of sp³-hybridized carbons (Fsp3) is 0.455. The number of para-hydroxylation sites is 2. The molecule has 0 aliphatic carbocycles. The monoisotopic (exact) mass is 430 g/mol. The molecular weight excluding hydrogens is 404 g/mol. The van der Waals surface area contributed by atoms with Gasteiger partial charge in [0.2, 0.25) is 0 Å². The van der Waals surface area contributed by atoms with E-state index in [1.807, 2.05) is 24.3 Å². The van der Waals surface area contributed by atoms with Gasteiger partial charge in [0.15, 0.2) is 0 Å². The van der Waals surface area contributed by atoms with Gasteiger partial charge in [0, 0.05) is 11.0 Å². The third-order valence-corrected chi connectivity index (χ3v) is 6.40. The molecule has 144 valence electrons. The number of ether oxygens (including phenoxy) is 2. The topological polar surface area (TPSA) is 33.7 Å². The Labute approximate surface area is 170 Å². The van der Waals surface area contributed by atoms with Gasteiger partial charge < -0.3 is 14.8 Å². The Balaban J connectivity index is 1.27. The van der Waals surface area contributed by atoms with E-state index in [1.54, 1.807) is 7.11 Å². The van der Waals surface area contributed by atoms with Crippen LogP contribution in [-0.4, -0.2) is 44.3 Å². The Morgan fingerprint density at radius 3 is 2.81 bits per heavy atom. The van der Waals surface area contributed by atoms with Crippen molar-refractivity contribution in [1.82, 2.24) is 4.90 Å². The number of likely N-dealkylation sites (tertiary alicyclic amines) is 1. The van der Waals surface area contributed by atoms with Crippen LogP contribution in [0.2, 0.25) is 0 Å². The number of methoxy groups -OCH3 is 1. The molecule has 2 aromatic rings.